The predicted octanol–water partition coefficient (Wildman–Crippen LogP) is 2.32. The van der Waals surface area contributed by atoms with Gasteiger partial charge in [-0.3, -0.25) is 0 Å². The Bertz CT molecular complexity index is 299. The Kier molecular flexibility index (Phi) is 3.20. The van der Waals surface area contributed by atoms with Crippen LogP contribution >= 0.6 is 11.3 Å². The molecule has 12 heavy (non-hydrogen) atoms. The van der Waals surface area contributed by atoms with E-state index in [0.717, 1.165) is 6.42 Å². The van der Waals surface area contributed by atoms with Crippen molar-refractivity contribution in [2.45, 2.75) is 26.3 Å². The number of isocyanates is 1. The highest BCUT2D eigenvalue weighted by Crippen LogP contribution is 2.17. The fourth-order valence-corrected chi connectivity index (χ4v) is 2.03. The number of hydrogen-bond acceptors (Lipinski definition) is 3. The third-order valence-corrected chi connectivity index (χ3v) is 2.59. The van der Waals surface area contributed by atoms with Crippen LogP contribution in [0.15, 0.2) is 17.1 Å². The molecule has 1 rings (SSSR count). The van der Waals surface area contributed by atoms with Gasteiger partial charge in [0.05, 0.1) is 6.04 Å². The lowest BCUT2D eigenvalue weighted by atomic mass is 10.2. The minimum Gasteiger partial charge on any atom is -0.211 e. The van der Waals surface area contributed by atoms with Crippen molar-refractivity contribution in [1.82, 2.24) is 0 Å². The van der Waals surface area contributed by atoms with Gasteiger partial charge in [-0.1, -0.05) is 0 Å². The zero-order chi connectivity index (χ0) is 8.97. The molecule has 1 atom stereocenters. The highest BCUT2D eigenvalue weighted by atomic mass is 32.1. The average Bonchev–Trinajstić information content (AvgIpc) is 2.36. The Morgan fingerprint density at radius 2 is 2.42 bits per heavy atom. The Morgan fingerprint density at radius 3 is 2.92 bits per heavy atom. The van der Waals surface area contributed by atoms with E-state index in [4.69, 9.17) is 0 Å². The summed E-state index contributed by atoms with van der Waals surface area (Å²) in [6.45, 7) is 3.99. The van der Waals surface area contributed by atoms with Crippen molar-refractivity contribution in [3.63, 3.8) is 0 Å². The maximum atomic E-state index is 9.92. The maximum absolute atomic E-state index is 9.92. The van der Waals surface area contributed by atoms with Gasteiger partial charge in [0.25, 0.3) is 0 Å². The van der Waals surface area contributed by atoms with Gasteiger partial charge in [0.1, 0.15) is 0 Å². The Labute approximate surface area is 76.0 Å². The van der Waals surface area contributed by atoms with E-state index in [1.807, 2.05) is 6.92 Å². The molecular formula is C9H11NOS. The molecule has 1 unspecified atom stereocenters. The molecule has 1 aromatic heterocycles. The summed E-state index contributed by atoms with van der Waals surface area (Å²) in [5.41, 5.74) is 0. The van der Waals surface area contributed by atoms with Crippen molar-refractivity contribution >= 4 is 17.4 Å². The van der Waals surface area contributed by atoms with Crippen LogP contribution < -0.4 is 0 Å². The van der Waals surface area contributed by atoms with Gasteiger partial charge >= 0.3 is 0 Å². The molecule has 0 radical (unpaired) electrons. The van der Waals surface area contributed by atoms with Crippen LogP contribution in [-0.2, 0) is 11.2 Å². The molecule has 0 spiro atoms. The molecule has 2 nitrogen and oxygen atoms in total. The zero-order valence-electron chi connectivity index (χ0n) is 7.20. The molecule has 0 aliphatic rings. The second-order valence-corrected chi connectivity index (χ2v) is 4.16. The monoisotopic (exact) mass is 181 g/mol. The highest BCUT2D eigenvalue weighted by Gasteiger charge is 2.02. The molecule has 1 aromatic rings. The molecule has 3 heteroatoms. The van der Waals surface area contributed by atoms with Crippen LogP contribution in [0.5, 0.6) is 0 Å². The fraction of sp³-hybridized carbons (Fsp3) is 0.444. The smallest absolute Gasteiger partial charge is 0.211 e. The Balaban J connectivity index is 2.57. The zero-order valence-corrected chi connectivity index (χ0v) is 8.02. The number of aryl methyl sites for hydroxylation is 1. The SMILES string of the molecule is Cc1ccc(CC(C)N=C=O)s1. The van der Waals surface area contributed by atoms with Crippen molar-refractivity contribution < 1.29 is 4.79 Å². The Hall–Kier alpha value is -0.920. The molecule has 0 aliphatic carbocycles. The number of nitrogens with zero attached hydrogens (tertiary/aromatic N) is 1. The van der Waals surface area contributed by atoms with E-state index in [1.165, 1.54) is 9.75 Å². The quantitative estimate of drug-likeness (QED) is 0.519. The first-order valence-electron chi connectivity index (χ1n) is 3.84. The minimum atomic E-state index is 0.0561. The van der Waals surface area contributed by atoms with Crippen molar-refractivity contribution in [2.24, 2.45) is 4.99 Å². The average molecular weight is 181 g/mol. The van der Waals surface area contributed by atoms with Gasteiger partial charge in [-0.25, -0.2) is 9.79 Å². The summed E-state index contributed by atoms with van der Waals surface area (Å²) < 4.78 is 0. The second-order valence-electron chi connectivity index (χ2n) is 2.79. The van der Waals surface area contributed by atoms with Crippen LogP contribution in [0.1, 0.15) is 16.7 Å². The summed E-state index contributed by atoms with van der Waals surface area (Å²) in [4.78, 5) is 16.1. The first kappa shape index (κ1) is 9.17. The lowest BCUT2D eigenvalue weighted by Gasteiger charge is -1.99. The van der Waals surface area contributed by atoms with E-state index < -0.39 is 0 Å². The third-order valence-electron chi connectivity index (χ3n) is 1.57. The summed E-state index contributed by atoms with van der Waals surface area (Å²) in [5.74, 6) is 0. The third kappa shape index (κ3) is 2.61. The van der Waals surface area contributed by atoms with Crippen LogP contribution in [-0.4, -0.2) is 12.1 Å². The molecule has 0 saturated carbocycles. The lowest BCUT2D eigenvalue weighted by Crippen LogP contribution is -2.00. The first-order valence-corrected chi connectivity index (χ1v) is 4.66. The minimum absolute atomic E-state index is 0.0561. The predicted molar refractivity (Wildman–Crippen MR) is 50.3 cm³/mol. The molecule has 0 aromatic carbocycles. The molecule has 0 N–H and O–H groups in total. The summed E-state index contributed by atoms with van der Waals surface area (Å²) in [6, 6.07) is 4.22. The number of carbonyl (C=O) groups excluding carboxylic acids is 1. The summed E-state index contributed by atoms with van der Waals surface area (Å²) >= 11 is 1.75. The van der Waals surface area contributed by atoms with Crippen molar-refractivity contribution in [1.29, 1.82) is 0 Å². The van der Waals surface area contributed by atoms with Crippen LogP contribution in [0.4, 0.5) is 0 Å². The summed E-state index contributed by atoms with van der Waals surface area (Å²) in [6.07, 6.45) is 2.42. The number of hydrogen-bond donors (Lipinski definition) is 0. The highest BCUT2D eigenvalue weighted by molar-refractivity contribution is 7.11. The molecule has 1 heterocycles. The summed E-state index contributed by atoms with van der Waals surface area (Å²) in [7, 11) is 0. The largest absolute Gasteiger partial charge is 0.235 e. The lowest BCUT2D eigenvalue weighted by molar-refractivity contribution is 0.558. The fourth-order valence-electron chi connectivity index (χ4n) is 1.02. The Morgan fingerprint density at radius 1 is 1.67 bits per heavy atom. The van der Waals surface area contributed by atoms with Gasteiger partial charge in [0.15, 0.2) is 0 Å². The van der Waals surface area contributed by atoms with E-state index in [1.54, 1.807) is 17.4 Å². The van der Waals surface area contributed by atoms with E-state index >= 15 is 0 Å². The molecule has 0 saturated heterocycles. The van der Waals surface area contributed by atoms with Crippen molar-refractivity contribution in [2.75, 3.05) is 0 Å². The maximum Gasteiger partial charge on any atom is 0.235 e. The van der Waals surface area contributed by atoms with Crippen molar-refractivity contribution in [3.8, 4) is 0 Å². The molecule has 0 fully saturated rings. The van der Waals surface area contributed by atoms with Gasteiger partial charge < -0.3 is 0 Å². The number of thiophene rings is 1. The van der Waals surface area contributed by atoms with Crippen LogP contribution in [0.2, 0.25) is 0 Å². The van der Waals surface area contributed by atoms with E-state index in [0.29, 0.717) is 0 Å². The van der Waals surface area contributed by atoms with Gasteiger partial charge in [-0.2, -0.15) is 0 Å². The van der Waals surface area contributed by atoms with Gasteiger partial charge in [0, 0.05) is 16.2 Å². The molecule has 0 bridgehead atoms. The van der Waals surface area contributed by atoms with Crippen molar-refractivity contribution in [3.05, 3.63) is 21.9 Å². The van der Waals surface area contributed by atoms with E-state index in [9.17, 15) is 4.79 Å². The molecular weight excluding hydrogens is 170 g/mol. The van der Waals surface area contributed by atoms with E-state index in [-0.39, 0.29) is 6.04 Å². The second kappa shape index (κ2) is 4.19. The van der Waals surface area contributed by atoms with E-state index in [2.05, 4.69) is 24.0 Å². The normalized spacial score (nSPS) is 12.2. The number of rotatable bonds is 3. The van der Waals surface area contributed by atoms with Crippen LogP contribution in [0.3, 0.4) is 0 Å². The van der Waals surface area contributed by atoms with Gasteiger partial charge in [0.2, 0.25) is 6.08 Å². The standard InChI is InChI=1S/C9H11NOS/c1-7(10-6-11)5-9-4-3-8(2)12-9/h3-4,7H,5H2,1-2H3. The molecule has 64 valence electrons. The molecule has 0 aliphatic heterocycles. The van der Waals surface area contributed by atoms with Gasteiger partial charge in [-0.15, -0.1) is 11.3 Å². The number of aliphatic imine (C=N–C) groups is 1. The van der Waals surface area contributed by atoms with Crippen LogP contribution in [0.25, 0.3) is 0 Å². The van der Waals surface area contributed by atoms with Gasteiger partial charge in [-0.05, 0) is 26.0 Å². The van der Waals surface area contributed by atoms with Crippen LogP contribution in [0, 0.1) is 6.92 Å². The first-order chi connectivity index (χ1) is 5.72. The summed E-state index contributed by atoms with van der Waals surface area (Å²) in [5, 5.41) is 0. The topological polar surface area (TPSA) is 29.4 Å². The molecule has 0 amide bonds.